The van der Waals surface area contributed by atoms with Crippen LogP contribution in [0.2, 0.25) is 0 Å². The third-order valence-corrected chi connectivity index (χ3v) is 5.24. The fourth-order valence-electron chi connectivity index (χ4n) is 3.43. The van der Waals surface area contributed by atoms with Gasteiger partial charge in [-0.2, -0.15) is 0 Å². The Bertz CT molecular complexity index is 733. The zero-order valence-corrected chi connectivity index (χ0v) is 17.1. The second-order valence-corrected chi connectivity index (χ2v) is 7.05. The number of carbonyl (C=O) groups is 3. The molecule has 1 heterocycles. The van der Waals surface area contributed by atoms with Crippen LogP contribution in [0.1, 0.15) is 58.8 Å². The maximum atomic E-state index is 13.3. The third-order valence-electron chi connectivity index (χ3n) is 5.24. The Balaban J connectivity index is 2.35. The van der Waals surface area contributed by atoms with Crippen molar-refractivity contribution >= 4 is 17.7 Å². The van der Waals surface area contributed by atoms with Gasteiger partial charge < -0.3 is 18.9 Å². The number of ether oxygens (including phenoxy) is 2. The Morgan fingerprint density at radius 3 is 2.41 bits per heavy atom. The Morgan fingerprint density at radius 1 is 1.26 bits per heavy atom. The molecule has 1 amide bonds. The van der Waals surface area contributed by atoms with Crippen LogP contribution in [0.5, 0.6) is 0 Å². The summed E-state index contributed by atoms with van der Waals surface area (Å²) in [5, 5.41) is 0. The molecule has 7 nitrogen and oxygen atoms in total. The van der Waals surface area contributed by atoms with Crippen molar-refractivity contribution in [3.05, 3.63) is 22.5 Å². The van der Waals surface area contributed by atoms with Crippen molar-refractivity contribution in [2.45, 2.75) is 46.6 Å². The van der Waals surface area contributed by atoms with Gasteiger partial charge in [-0.15, -0.1) is 0 Å². The molecule has 150 valence electrons. The Kier molecular flexibility index (Phi) is 6.81. The van der Waals surface area contributed by atoms with Crippen molar-refractivity contribution in [1.29, 1.82) is 0 Å². The largest absolute Gasteiger partial charge is 0.461 e. The van der Waals surface area contributed by atoms with Gasteiger partial charge in [-0.3, -0.25) is 9.59 Å². The van der Waals surface area contributed by atoms with Gasteiger partial charge in [0.05, 0.1) is 19.3 Å². The van der Waals surface area contributed by atoms with E-state index in [9.17, 15) is 14.4 Å². The quantitative estimate of drug-likeness (QED) is 0.487. The fourth-order valence-corrected chi connectivity index (χ4v) is 3.43. The molecule has 1 fully saturated rings. The van der Waals surface area contributed by atoms with E-state index in [2.05, 4.69) is 0 Å². The van der Waals surface area contributed by atoms with Crippen LogP contribution in [0.25, 0.3) is 0 Å². The molecule has 1 aliphatic carbocycles. The molecule has 0 aromatic carbocycles. The summed E-state index contributed by atoms with van der Waals surface area (Å²) in [6, 6.07) is -0.622. The van der Waals surface area contributed by atoms with E-state index in [1.165, 1.54) is 0 Å². The van der Waals surface area contributed by atoms with E-state index in [1.807, 2.05) is 0 Å². The van der Waals surface area contributed by atoms with Crippen LogP contribution in [-0.2, 0) is 21.3 Å². The highest BCUT2D eigenvalue weighted by Gasteiger charge is 2.38. The van der Waals surface area contributed by atoms with Crippen molar-refractivity contribution in [3.63, 3.8) is 0 Å². The Hall–Kier alpha value is -2.15. The SMILES string of the molecule is CCOC(=O)c1c(C)c(C(=O)C(C)N(CCOC)C(=O)C2CC2)c(C)n1C. The number of ketones is 1. The normalized spacial score (nSPS) is 14.7. The zero-order valence-electron chi connectivity index (χ0n) is 17.1. The van der Waals surface area contributed by atoms with Gasteiger partial charge in [0.2, 0.25) is 5.91 Å². The number of aromatic nitrogens is 1. The van der Waals surface area contributed by atoms with E-state index in [-0.39, 0.29) is 24.2 Å². The molecule has 1 aromatic rings. The van der Waals surface area contributed by atoms with Crippen LogP contribution >= 0.6 is 0 Å². The maximum absolute atomic E-state index is 13.3. The number of nitrogens with zero attached hydrogens (tertiary/aromatic N) is 2. The van der Waals surface area contributed by atoms with Crippen LogP contribution in [0, 0.1) is 19.8 Å². The molecule has 0 saturated heterocycles. The molecule has 1 unspecified atom stereocenters. The van der Waals surface area contributed by atoms with E-state index in [1.54, 1.807) is 51.3 Å². The molecule has 0 spiro atoms. The molecular formula is C20H30N2O5. The highest BCUT2D eigenvalue weighted by molar-refractivity contribution is 6.06. The average Bonchev–Trinajstić information content (AvgIpc) is 3.43. The molecular weight excluding hydrogens is 348 g/mol. The van der Waals surface area contributed by atoms with Gasteiger partial charge in [0.25, 0.3) is 0 Å². The highest BCUT2D eigenvalue weighted by Crippen LogP contribution is 2.32. The van der Waals surface area contributed by atoms with Gasteiger partial charge in [-0.05, 0) is 46.1 Å². The lowest BCUT2D eigenvalue weighted by Crippen LogP contribution is -2.46. The maximum Gasteiger partial charge on any atom is 0.355 e. The third kappa shape index (κ3) is 4.24. The zero-order chi connectivity index (χ0) is 20.3. The Morgan fingerprint density at radius 2 is 1.89 bits per heavy atom. The summed E-state index contributed by atoms with van der Waals surface area (Å²) in [5.41, 5.74) is 2.15. The first-order valence-electron chi connectivity index (χ1n) is 9.42. The molecule has 1 atom stereocenters. The number of esters is 1. The number of hydrogen-bond acceptors (Lipinski definition) is 5. The lowest BCUT2D eigenvalue weighted by atomic mass is 9.99. The van der Waals surface area contributed by atoms with Crippen LogP contribution < -0.4 is 0 Å². The monoisotopic (exact) mass is 378 g/mol. The fraction of sp³-hybridized carbons (Fsp3) is 0.650. The van der Waals surface area contributed by atoms with Crippen LogP contribution in [0.15, 0.2) is 0 Å². The standard InChI is InChI=1S/C20H30N2O5/c1-7-27-20(25)17-12(2)16(13(3)21(17)5)18(23)14(4)22(10-11-26-6)19(24)15-8-9-15/h14-15H,7-11H2,1-6H3. The summed E-state index contributed by atoms with van der Waals surface area (Å²) in [6.45, 7) is 8.05. The first kappa shape index (κ1) is 21.2. The highest BCUT2D eigenvalue weighted by atomic mass is 16.5. The second kappa shape index (κ2) is 8.69. The minimum Gasteiger partial charge on any atom is -0.461 e. The molecule has 1 aromatic heterocycles. The predicted octanol–water partition coefficient (Wildman–Crippen LogP) is 2.27. The summed E-state index contributed by atoms with van der Waals surface area (Å²) < 4.78 is 11.9. The van der Waals surface area contributed by atoms with E-state index < -0.39 is 12.0 Å². The Labute approximate surface area is 160 Å². The van der Waals surface area contributed by atoms with Gasteiger partial charge >= 0.3 is 5.97 Å². The smallest absolute Gasteiger partial charge is 0.355 e. The summed E-state index contributed by atoms with van der Waals surface area (Å²) in [4.78, 5) is 39.8. The minimum absolute atomic E-state index is 0.00440. The van der Waals surface area contributed by atoms with E-state index in [0.29, 0.717) is 35.7 Å². The van der Waals surface area contributed by atoms with E-state index in [4.69, 9.17) is 9.47 Å². The molecule has 0 bridgehead atoms. The van der Waals surface area contributed by atoms with Crippen molar-refractivity contribution in [3.8, 4) is 0 Å². The number of methoxy groups -OCH3 is 1. The van der Waals surface area contributed by atoms with Crippen molar-refractivity contribution < 1.29 is 23.9 Å². The summed E-state index contributed by atoms with van der Waals surface area (Å²) in [6.07, 6.45) is 1.75. The van der Waals surface area contributed by atoms with Crippen LogP contribution in [0.3, 0.4) is 0 Å². The summed E-state index contributed by atoms with van der Waals surface area (Å²) in [5.74, 6) is -0.589. The van der Waals surface area contributed by atoms with Crippen molar-refractivity contribution in [2.75, 3.05) is 26.9 Å². The van der Waals surface area contributed by atoms with Gasteiger partial charge in [-0.25, -0.2) is 4.79 Å². The van der Waals surface area contributed by atoms with Crippen molar-refractivity contribution in [2.24, 2.45) is 13.0 Å². The summed E-state index contributed by atoms with van der Waals surface area (Å²) >= 11 is 0. The van der Waals surface area contributed by atoms with Gasteiger partial charge in [0.1, 0.15) is 5.69 Å². The molecule has 7 heteroatoms. The molecule has 2 rings (SSSR count). The molecule has 27 heavy (non-hydrogen) atoms. The average molecular weight is 378 g/mol. The lowest BCUT2D eigenvalue weighted by molar-refractivity contribution is -0.134. The van der Waals surface area contributed by atoms with Gasteiger partial charge in [0.15, 0.2) is 5.78 Å². The number of rotatable bonds is 9. The van der Waals surface area contributed by atoms with Crippen LogP contribution in [0.4, 0.5) is 0 Å². The molecule has 0 aliphatic heterocycles. The number of Topliss-reactive ketones (excluding diaryl/α,β-unsaturated/α-hetero) is 1. The second-order valence-electron chi connectivity index (χ2n) is 7.05. The van der Waals surface area contributed by atoms with Crippen LogP contribution in [-0.4, -0.2) is 60.0 Å². The molecule has 0 N–H and O–H groups in total. The van der Waals surface area contributed by atoms with Gasteiger partial charge in [0, 0.05) is 37.9 Å². The minimum atomic E-state index is -0.622. The number of hydrogen-bond donors (Lipinski definition) is 0. The molecule has 1 saturated carbocycles. The lowest BCUT2D eigenvalue weighted by Gasteiger charge is -2.28. The van der Waals surface area contributed by atoms with E-state index in [0.717, 1.165) is 12.8 Å². The van der Waals surface area contributed by atoms with Crippen molar-refractivity contribution in [1.82, 2.24) is 9.47 Å². The first-order chi connectivity index (χ1) is 12.8. The molecule has 0 radical (unpaired) electrons. The predicted molar refractivity (Wildman–Crippen MR) is 101 cm³/mol. The first-order valence-corrected chi connectivity index (χ1v) is 9.42. The molecule has 1 aliphatic rings. The van der Waals surface area contributed by atoms with Gasteiger partial charge in [-0.1, -0.05) is 0 Å². The van der Waals surface area contributed by atoms with E-state index >= 15 is 0 Å². The number of carbonyl (C=O) groups excluding carboxylic acids is 3. The summed E-state index contributed by atoms with van der Waals surface area (Å²) in [7, 11) is 3.32. The number of amides is 1. The topological polar surface area (TPSA) is 77.8 Å².